The van der Waals surface area contributed by atoms with E-state index in [1.165, 1.54) is 42.3 Å². The van der Waals surface area contributed by atoms with E-state index >= 15 is 0 Å². The number of carbonyl (C=O) groups is 1. The predicted molar refractivity (Wildman–Crippen MR) is 131 cm³/mol. The molecule has 1 unspecified atom stereocenters. The number of amides is 1. The van der Waals surface area contributed by atoms with Crippen LogP contribution < -0.4 is 9.50 Å². The Balaban J connectivity index is 1.98. The van der Waals surface area contributed by atoms with Crippen LogP contribution in [0.15, 0.2) is 82.2 Å². The van der Waals surface area contributed by atoms with Gasteiger partial charge in [0.15, 0.2) is 5.11 Å². The van der Waals surface area contributed by atoms with Crippen molar-refractivity contribution in [3.8, 4) is 5.75 Å². The van der Waals surface area contributed by atoms with Gasteiger partial charge in [-0.3, -0.25) is 9.69 Å². The number of nitrogens with one attached hydrogen (secondary N) is 1. The summed E-state index contributed by atoms with van der Waals surface area (Å²) in [6.45, 7) is 1.81. The largest absolute Gasteiger partial charge is 0.379 e. The molecule has 0 aliphatic carbocycles. The Hall–Kier alpha value is -2.82. The maximum absolute atomic E-state index is 13.9. The van der Waals surface area contributed by atoms with Gasteiger partial charge in [0, 0.05) is 7.05 Å². The minimum Gasteiger partial charge on any atom is -0.379 e. The van der Waals surface area contributed by atoms with Crippen molar-refractivity contribution >= 4 is 49.8 Å². The fraction of sp³-hybridized carbons (Fsp3) is 0.130. The third kappa shape index (κ3) is 5.58. The molecule has 172 valence electrons. The molecule has 0 aliphatic rings. The highest BCUT2D eigenvalue weighted by molar-refractivity contribution is 9.10. The van der Waals surface area contributed by atoms with Crippen LogP contribution in [-0.4, -0.2) is 31.9 Å². The molecule has 0 saturated heterocycles. The molecule has 0 bridgehead atoms. The van der Waals surface area contributed by atoms with E-state index in [0.717, 1.165) is 0 Å². The van der Waals surface area contributed by atoms with E-state index in [0.29, 0.717) is 17.5 Å². The first-order valence-corrected chi connectivity index (χ1v) is 12.2. The molecule has 1 atom stereocenters. The molecule has 33 heavy (non-hydrogen) atoms. The molecule has 0 spiro atoms. The van der Waals surface area contributed by atoms with Crippen LogP contribution in [0.4, 0.5) is 4.39 Å². The lowest BCUT2D eigenvalue weighted by Gasteiger charge is -2.34. The van der Waals surface area contributed by atoms with E-state index in [9.17, 15) is 17.6 Å². The predicted octanol–water partition coefficient (Wildman–Crippen LogP) is 4.58. The second-order valence-corrected chi connectivity index (χ2v) is 10.1. The van der Waals surface area contributed by atoms with Crippen LogP contribution in [0.25, 0.3) is 0 Å². The van der Waals surface area contributed by atoms with Crippen LogP contribution in [0, 0.1) is 5.82 Å². The molecule has 0 saturated carbocycles. The summed E-state index contributed by atoms with van der Waals surface area (Å²) < 4.78 is 44.4. The summed E-state index contributed by atoms with van der Waals surface area (Å²) >= 11 is 8.53. The van der Waals surface area contributed by atoms with Crippen LogP contribution in [0.2, 0.25) is 0 Å². The van der Waals surface area contributed by atoms with Crippen LogP contribution in [-0.2, 0) is 20.5 Å². The Kier molecular flexibility index (Phi) is 7.51. The van der Waals surface area contributed by atoms with Gasteiger partial charge in [-0.15, -0.1) is 0 Å². The Morgan fingerprint density at radius 1 is 1.09 bits per heavy atom. The van der Waals surface area contributed by atoms with E-state index in [4.69, 9.17) is 16.4 Å². The van der Waals surface area contributed by atoms with Crippen molar-refractivity contribution in [2.75, 3.05) is 7.05 Å². The Morgan fingerprint density at radius 2 is 1.70 bits per heavy atom. The number of thiocarbonyl (C=S) groups is 1. The molecule has 1 amide bonds. The number of rotatable bonds is 7. The molecule has 3 aromatic rings. The Bertz CT molecular complexity index is 1270. The second-order valence-electron chi connectivity index (χ2n) is 7.28. The average molecular weight is 551 g/mol. The number of nitrogens with zero attached hydrogens (tertiary/aromatic N) is 1. The highest BCUT2D eigenvalue weighted by atomic mass is 79.9. The highest BCUT2D eigenvalue weighted by Crippen LogP contribution is 2.33. The smallest absolute Gasteiger partial charge is 0.339 e. The Morgan fingerprint density at radius 3 is 2.27 bits per heavy atom. The van der Waals surface area contributed by atoms with Gasteiger partial charge in [0.05, 0.1) is 10.0 Å². The summed E-state index contributed by atoms with van der Waals surface area (Å²) in [7, 11) is -2.48. The van der Waals surface area contributed by atoms with Crippen LogP contribution >= 0.6 is 28.1 Å². The first-order valence-electron chi connectivity index (χ1n) is 9.63. The molecule has 3 rings (SSSR count). The van der Waals surface area contributed by atoms with Crippen molar-refractivity contribution in [1.29, 1.82) is 0 Å². The molecular weight excluding hydrogens is 531 g/mol. The van der Waals surface area contributed by atoms with Gasteiger partial charge in [-0.05, 0) is 82.6 Å². The molecule has 3 aromatic carbocycles. The summed E-state index contributed by atoms with van der Waals surface area (Å²) in [5, 5.41) is 3.29. The van der Waals surface area contributed by atoms with Crippen LogP contribution in [0.1, 0.15) is 18.1 Å². The van der Waals surface area contributed by atoms with E-state index in [2.05, 4.69) is 21.2 Å². The van der Waals surface area contributed by atoms with E-state index in [1.54, 1.807) is 42.5 Å². The summed E-state index contributed by atoms with van der Waals surface area (Å²) in [6.07, 6.45) is 0.571. The van der Waals surface area contributed by atoms with Crippen molar-refractivity contribution in [3.63, 3.8) is 0 Å². The lowest BCUT2D eigenvalue weighted by atomic mass is 9.84. The van der Waals surface area contributed by atoms with Crippen LogP contribution in [0.5, 0.6) is 5.75 Å². The lowest BCUT2D eigenvalue weighted by molar-refractivity contribution is -0.114. The van der Waals surface area contributed by atoms with Gasteiger partial charge in [0.25, 0.3) is 0 Å². The normalized spacial score (nSPS) is 13.0. The van der Waals surface area contributed by atoms with E-state index < -0.39 is 21.5 Å². The van der Waals surface area contributed by atoms with Crippen molar-refractivity contribution in [1.82, 2.24) is 10.2 Å². The zero-order valence-corrected chi connectivity index (χ0v) is 20.9. The zero-order chi connectivity index (χ0) is 24.2. The van der Waals surface area contributed by atoms with Crippen molar-refractivity contribution in [2.24, 2.45) is 0 Å². The van der Waals surface area contributed by atoms with Crippen molar-refractivity contribution in [3.05, 3.63) is 94.2 Å². The third-order valence-corrected chi connectivity index (χ3v) is 7.26. The molecule has 0 heterocycles. The van der Waals surface area contributed by atoms with Crippen molar-refractivity contribution < 1.29 is 21.8 Å². The maximum atomic E-state index is 13.9. The maximum Gasteiger partial charge on any atom is 0.339 e. The number of benzene rings is 3. The minimum atomic E-state index is -3.99. The summed E-state index contributed by atoms with van der Waals surface area (Å²) in [4.78, 5) is 12.4. The summed E-state index contributed by atoms with van der Waals surface area (Å²) in [5.74, 6) is -0.304. The van der Waals surface area contributed by atoms with Gasteiger partial charge >= 0.3 is 10.1 Å². The van der Waals surface area contributed by atoms with Gasteiger partial charge in [-0.2, -0.15) is 8.42 Å². The molecule has 6 nitrogen and oxygen atoms in total. The number of hydrogen-bond donors (Lipinski definition) is 1. The second kappa shape index (κ2) is 9.98. The molecule has 0 aromatic heterocycles. The minimum absolute atomic E-state index is 0.0407. The standard InChI is InChI=1S/C23H20BrFN2O4S2/c1-23(26-22(32)27(2)15-28,17-10-13-21(25)20(24)14-17)16-8-11-18(12-9-16)31-33(29,30)19-6-4-3-5-7-19/h3-15H,1-2H3,(H,26,32). The quantitative estimate of drug-likeness (QED) is 0.263. The first kappa shape index (κ1) is 24.8. The van der Waals surface area contributed by atoms with Crippen LogP contribution in [0.3, 0.4) is 0 Å². The number of hydrogen-bond acceptors (Lipinski definition) is 5. The average Bonchev–Trinajstić information content (AvgIpc) is 2.80. The van der Waals surface area contributed by atoms with Gasteiger partial charge in [0.2, 0.25) is 6.41 Å². The fourth-order valence-electron chi connectivity index (χ4n) is 3.07. The van der Waals surface area contributed by atoms with E-state index in [1.807, 2.05) is 6.92 Å². The van der Waals surface area contributed by atoms with Gasteiger partial charge in [-0.25, -0.2) is 4.39 Å². The molecule has 0 aliphatic heterocycles. The molecule has 10 heteroatoms. The SMILES string of the molecule is CN(C=O)C(=S)NC(C)(c1ccc(OS(=O)(=O)c2ccccc2)cc1)c1ccc(F)c(Br)c1. The summed E-state index contributed by atoms with van der Waals surface area (Å²) in [5.41, 5.74) is 0.344. The topological polar surface area (TPSA) is 75.7 Å². The summed E-state index contributed by atoms with van der Waals surface area (Å²) in [6, 6.07) is 18.7. The lowest BCUT2D eigenvalue weighted by Crippen LogP contribution is -2.49. The van der Waals surface area contributed by atoms with E-state index in [-0.39, 0.29) is 20.2 Å². The molecule has 0 fully saturated rings. The number of carbonyl (C=O) groups excluding carboxylic acids is 1. The monoisotopic (exact) mass is 550 g/mol. The molecular formula is C23H20BrFN2O4S2. The Labute approximate surface area is 205 Å². The zero-order valence-electron chi connectivity index (χ0n) is 17.7. The number of halogens is 2. The fourth-order valence-corrected chi connectivity index (χ4v) is 4.65. The van der Waals surface area contributed by atoms with Gasteiger partial charge in [0.1, 0.15) is 16.5 Å². The molecule has 0 radical (unpaired) electrons. The highest BCUT2D eigenvalue weighted by Gasteiger charge is 2.31. The third-order valence-electron chi connectivity index (χ3n) is 5.00. The van der Waals surface area contributed by atoms with Crippen molar-refractivity contribution in [2.45, 2.75) is 17.4 Å². The van der Waals surface area contributed by atoms with Gasteiger partial charge < -0.3 is 9.50 Å². The van der Waals surface area contributed by atoms with Gasteiger partial charge in [-0.1, -0.05) is 36.4 Å². The first-order chi connectivity index (χ1) is 15.6. The molecule has 1 N–H and O–H groups in total.